The first-order valence-corrected chi connectivity index (χ1v) is 10.4. The van der Waals surface area contributed by atoms with E-state index in [1.165, 1.54) is 11.8 Å². The molecule has 3 aromatic rings. The van der Waals surface area contributed by atoms with Gasteiger partial charge in [0.15, 0.2) is 5.16 Å². The molecule has 1 amide bonds. The Morgan fingerprint density at radius 1 is 1.10 bits per heavy atom. The predicted molar refractivity (Wildman–Crippen MR) is 116 cm³/mol. The maximum absolute atomic E-state index is 12.5. The summed E-state index contributed by atoms with van der Waals surface area (Å²) in [5.74, 6) is 0.389. The number of rotatable bonds is 9. The van der Waals surface area contributed by atoms with Gasteiger partial charge in [-0.05, 0) is 29.8 Å². The minimum absolute atomic E-state index is 0.0611. The molecule has 1 aromatic carbocycles. The van der Waals surface area contributed by atoms with Crippen LogP contribution in [0.5, 0.6) is 0 Å². The number of nitrogens with zero attached hydrogens (tertiary/aromatic N) is 6. The van der Waals surface area contributed by atoms with Crippen LogP contribution in [-0.2, 0) is 24.3 Å². The average Bonchev–Trinajstić information content (AvgIpc) is 3.19. The zero-order valence-electron chi connectivity index (χ0n) is 17.0. The van der Waals surface area contributed by atoms with Crippen molar-refractivity contribution in [2.24, 2.45) is 0 Å². The minimum Gasteiger partial charge on any atom is -0.378 e. The van der Waals surface area contributed by atoms with Crippen LogP contribution in [0.4, 0.5) is 5.69 Å². The Kier molecular flexibility index (Phi) is 7.24. The lowest BCUT2D eigenvalue weighted by Gasteiger charge is -2.18. The van der Waals surface area contributed by atoms with Gasteiger partial charge >= 0.3 is 0 Å². The van der Waals surface area contributed by atoms with E-state index in [2.05, 4.69) is 44.3 Å². The molecule has 0 saturated heterocycles. The molecule has 0 aliphatic rings. The van der Waals surface area contributed by atoms with Gasteiger partial charge in [0.1, 0.15) is 6.33 Å². The number of hydrogen-bond acceptors (Lipinski definition) is 6. The van der Waals surface area contributed by atoms with E-state index in [0.717, 1.165) is 35.1 Å². The van der Waals surface area contributed by atoms with Crippen molar-refractivity contribution < 1.29 is 4.79 Å². The normalized spacial score (nSPS) is 10.7. The van der Waals surface area contributed by atoms with Crippen LogP contribution in [0.15, 0.2) is 60.1 Å². The summed E-state index contributed by atoms with van der Waals surface area (Å²) in [4.78, 5) is 20.7. The summed E-state index contributed by atoms with van der Waals surface area (Å²) in [5.41, 5.74) is 3.27. The largest absolute Gasteiger partial charge is 0.378 e. The average molecular weight is 411 g/mol. The lowest BCUT2D eigenvalue weighted by Crippen LogP contribution is -2.28. The zero-order chi connectivity index (χ0) is 20.6. The standard InChI is InChI=1S/C21H26N6OS/c1-25(2)19-9-7-17(8-10-19)14-26(3)20(28)15-29-21-24-23-16-27(21)13-11-18-6-4-5-12-22-18/h4-10,12,16H,11,13-15H2,1-3H3. The van der Waals surface area contributed by atoms with Gasteiger partial charge in [-0.3, -0.25) is 9.78 Å². The summed E-state index contributed by atoms with van der Waals surface area (Å²) >= 11 is 1.41. The Hall–Kier alpha value is -2.87. The Bertz CT molecular complexity index is 910. The molecule has 0 aliphatic heterocycles. The summed E-state index contributed by atoms with van der Waals surface area (Å²) in [6.45, 7) is 1.31. The summed E-state index contributed by atoms with van der Waals surface area (Å²) in [5, 5.41) is 8.89. The molecule has 3 rings (SSSR count). The lowest BCUT2D eigenvalue weighted by atomic mass is 10.2. The van der Waals surface area contributed by atoms with Gasteiger partial charge in [0.25, 0.3) is 0 Å². The summed E-state index contributed by atoms with van der Waals surface area (Å²) in [6, 6.07) is 14.1. The van der Waals surface area contributed by atoms with E-state index in [0.29, 0.717) is 12.3 Å². The zero-order valence-corrected chi connectivity index (χ0v) is 17.8. The van der Waals surface area contributed by atoms with E-state index in [1.54, 1.807) is 17.4 Å². The molecule has 0 unspecified atom stereocenters. The maximum atomic E-state index is 12.5. The Morgan fingerprint density at radius 2 is 1.90 bits per heavy atom. The van der Waals surface area contributed by atoms with Crippen LogP contribution in [0.3, 0.4) is 0 Å². The highest BCUT2D eigenvalue weighted by Gasteiger charge is 2.13. The van der Waals surface area contributed by atoms with Crippen LogP contribution < -0.4 is 4.90 Å². The molecular formula is C21H26N6OS. The topological polar surface area (TPSA) is 67.2 Å². The smallest absolute Gasteiger partial charge is 0.233 e. The fraction of sp³-hybridized carbons (Fsp3) is 0.333. The number of aromatic nitrogens is 4. The SMILES string of the molecule is CN(Cc1ccc(N(C)C)cc1)C(=O)CSc1nncn1CCc1ccccn1. The fourth-order valence-corrected chi connectivity index (χ4v) is 3.67. The fourth-order valence-electron chi connectivity index (χ4n) is 2.79. The van der Waals surface area contributed by atoms with E-state index < -0.39 is 0 Å². The van der Waals surface area contributed by atoms with E-state index in [1.807, 2.05) is 43.9 Å². The monoisotopic (exact) mass is 410 g/mol. The Balaban J connectivity index is 1.49. The Morgan fingerprint density at radius 3 is 2.59 bits per heavy atom. The maximum Gasteiger partial charge on any atom is 0.233 e. The second-order valence-electron chi connectivity index (χ2n) is 6.98. The number of thioether (sulfide) groups is 1. The second kappa shape index (κ2) is 10.1. The van der Waals surface area contributed by atoms with Gasteiger partial charge in [0.05, 0.1) is 5.75 Å². The van der Waals surface area contributed by atoms with Crippen LogP contribution in [0.1, 0.15) is 11.3 Å². The van der Waals surface area contributed by atoms with E-state index in [4.69, 9.17) is 0 Å². The third kappa shape index (κ3) is 6.05. The third-order valence-corrected chi connectivity index (χ3v) is 5.50. The molecule has 0 fully saturated rings. The minimum atomic E-state index is 0.0611. The van der Waals surface area contributed by atoms with Crippen LogP contribution in [0.2, 0.25) is 0 Å². The van der Waals surface area contributed by atoms with Crippen molar-refractivity contribution in [1.82, 2.24) is 24.6 Å². The van der Waals surface area contributed by atoms with Crippen molar-refractivity contribution in [2.45, 2.75) is 24.7 Å². The van der Waals surface area contributed by atoms with Crippen LogP contribution in [0.25, 0.3) is 0 Å². The van der Waals surface area contributed by atoms with Gasteiger partial charge in [-0.1, -0.05) is 30.0 Å². The molecule has 0 radical (unpaired) electrons. The predicted octanol–water partition coefficient (Wildman–Crippen LogP) is 2.73. The van der Waals surface area contributed by atoms with Gasteiger partial charge in [0.2, 0.25) is 5.91 Å². The number of amides is 1. The summed E-state index contributed by atoms with van der Waals surface area (Å²) in [7, 11) is 5.85. The molecule has 0 atom stereocenters. The molecule has 0 saturated carbocycles. The molecule has 8 heteroatoms. The number of carbonyl (C=O) groups excluding carboxylic acids is 1. The van der Waals surface area contributed by atoms with Gasteiger partial charge in [-0.2, -0.15) is 0 Å². The Labute approximate surface area is 175 Å². The molecule has 152 valence electrons. The highest BCUT2D eigenvalue weighted by molar-refractivity contribution is 7.99. The first-order valence-electron chi connectivity index (χ1n) is 9.43. The van der Waals surface area contributed by atoms with Crippen molar-refractivity contribution in [3.63, 3.8) is 0 Å². The number of carbonyl (C=O) groups is 1. The second-order valence-corrected chi connectivity index (χ2v) is 7.92. The quantitative estimate of drug-likeness (QED) is 0.506. The van der Waals surface area contributed by atoms with Gasteiger partial charge in [0, 0.05) is 58.2 Å². The molecule has 7 nitrogen and oxygen atoms in total. The van der Waals surface area contributed by atoms with Gasteiger partial charge in [-0.15, -0.1) is 10.2 Å². The number of hydrogen-bond donors (Lipinski definition) is 0. The molecule has 2 heterocycles. The van der Waals surface area contributed by atoms with Crippen LogP contribution >= 0.6 is 11.8 Å². The highest BCUT2D eigenvalue weighted by Crippen LogP contribution is 2.17. The van der Waals surface area contributed by atoms with Gasteiger partial charge in [-0.25, -0.2) is 0 Å². The van der Waals surface area contributed by atoms with E-state index >= 15 is 0 Å². The van der Waals surface area contributed by atoms with Crippen molar-refractivity contribution in [1.29, 1.82) is 0 Å². The number of benzene rings is 1. The van der Waals surface area contributed by atoms with Crippen LogP contribution in [0, 0.1) is 0 Å². The molecular weight excluding hydrogens is 384 g/mol. The molecule has 0 bridgehead atoms. The number of aryl methyl sites for hydroxylation is 2. The van der Waals surface area contributed by atoms with Crippen molar-refractivity contribution in [3.8, 4) is 0 Å². The summed E-state index contributed by atoms with van der Waals surface area (Å²) in [6.07, 6.45) is 4.29. The first-order chi connectivity index (χ1) is 14.0. The lowest BCUT2D eigenvalue weighted by molar-refractivity contribution is -0.127. The van der Waals surface area contributed by atoms with Gasteiger partial charge < -0.3 is 14.4 Å². The van der Waals surface area contributed by atoms with Crippen molar-refractivity contribution in [3.05, 3.63) is 66.2 Å². The highest BCUT2D eigenvalue weighted by atomic mass is 32.2. The van der Waals surface area contributed by atoms with E-state index in [9.17, 15) is 4.79 Å². The van der Waals surface area contributed by atoms with E-state index in [-0.39, 0.29) is 5.91 Å². The summed E-state index contributed by atoms with van der Waals surface area (Å²) < 4.78 is 1.96. The molecule has 29 heavy (non-hydrogen) atoms. The molecule has 0 spiro atoms. The number of pyridine rings is 1. The van der Waals surface area contributed by atoms with Crippen LogP contribution in [-0.4, -0.2) is 57.5 Å². The number of anilines is 1. The third-order valence-electron chi connectivity index (χ3n) is 4.54. The van der Waals surface area contributed by atoms with Crippen molar-refractivity contribution in [2.75, 3.05) is 31.8 Å². The molecule has 2 aromatic heterocycles. The van der Waals surface area contributed by atoms with Crippen molar-refractivity contribution >= 4 is 23.4 Å². The first kappa shape index (κ1) is 20.9. The molecule has 0 N–H and O–H groups in total. The molecule has 0 aliphatic carbocycles.